The first kappa shape index (κ1) is 12.5. The van der Waals surface area contributed by atoms with Gasteiger partial charge in [-0.3, -0.25) is 14.7 Å². The third-order valence-electron chi connectivity index (χ3n) is 2.73. The molecular formula is C12H11N5O2S. The van der Waals surface area contributed by atoms with Gasteiger partial charge < -0.3 is 10.3 Å². The van der Waals surface area contributed by atoms with Gasteiger partial charge in [-0.05, 0) is 6.07 Å². The van der Waals surface area contributed by atoms with Crippen LogP contribution in [0.25, 0.3) is 10.2 Å². The molecule has 0 unspecified atom stereocenters. The zero-order chi connectivity index (χ0) is 13.9. The molecule has 0 radical (unpaired) electrons. The van der Waals surface area contributed by atoms with E-state index in [1.807, 2.05) is 0 Å². The Hall–Kier alpha value is -2.48. The summed E-state index contributed by atoms with van der Waals surface area (Å²) in [6.45, 7) is 0.413. The highest BCUT2D eigenvalue weighted by atomic mass is 32.1. The predicted octanol–water partition coefficient (Wildman–Crippen LogP) is 0.680. The normalized spacial score (nSPS) is 10.8. The van der Waals surface area contributed by atoms with Crippen molar-refractivity contribution in [2.45, 2.75) is 6.42 Å². The summed E-state index contributed by atoms with van der Waals surface area (Å²) in [6, 6.07) is 3.14. The maximum absolute atomic E-state index is 11.9. The Morgan fingerprint density at radius 2 is 2.35 bits per heavy atom. The zero-order valence-electron chi connectivity index (χ0n) is 10.3. The van der Waals surface area contributed by atoms with Crippen LogP contribution in [0.4, 0.5) is 0 Å². The minimum Gasteiger partial charge on any atom is -0.351 e. The Morgan fingerprint density at radius 1 is 1.45 bits per heavy atom. The minimum atomic E-state index is -0.193. The monoisotopic (exact) mass is 289 g/mol. The zero-order valence-corrected chi connectivity index (χ0v) is 11.2. The van der Waals surface area contributed by atoms with Crippen LogP contribution in [0.15, 0.2) is 29.3 Å². The number of hydrogen-bond donors (Lipinski definition) is 3. The van der Waals surface area contributed by atoms with Gasteiger partial charge in [0.15, 0.2) is 0 Å². The van der Waals surface area contributed by atoms with Crippen LogP contribution < -0.4 is 10.9 Å². The Balaban J connectivity index is 1.59. The third kappa shape index (κ3) is 2.59. The van der Waals surface area contributed by atoms with Gasteiger partial charge in [0.25, 0.3) is 11.5 Å². The lowest BCUT2D eigenvalue weighted by molar-refractivity contribution is 0.0958. The molecular weight excluding hydrogens is 278 g/mol. The molecule has 0 saturated heterocycles. The Labute approximate surface area is 117 Å². The summed E-state index contributed by atoms with van der Waals surface area (Å²) in [5.74, 6) is 0.415. The summed E-state index contributed by atoms with van der Waals surface area (Å²) in [7, 11) is 0. The number of amides is 1. The van der Waals surface area contributed by atoms with Crippen molar-refractivity contribution in [3.63, 3.8) is 0 Å². The standard InChI is InChI=1S/C12H11N5O2S/c18-10-2-4-13-9(16-10)1-3-14-11(19)8-5-7-6-15-17-12(7)20-8/h2,4-6H,1,3H2,(H,14,19)(H,15,17)(H,13,16,18). The van der Waals surface area contributed by atoms with E-state index in [4.69, 9.17) is 0 Å². The van der Waals surface area contributed by atoms with Gasteiger partial charge in [-0.1, -0.05) is 0 Å². The average Bonchev–Trinajstić information content (AvgIpc) is 2.99. The fourth-order valence-electron chi connectivity index (χ4n) is 1.78. The number of fused-ring (bicyclic) bond motifs is 1. The molecule has 20 heavy (non-hydrogen) atoms. The van der Waals surface area contributed by atoms with Crippen molar-refractivity contribution in [2.75, 3.05) is 6.54 Å². The van der Waals surface area contributed by atoms with Crippen LogP contribution >= 0.6 is 11.3 Å². The van der Waals surface area contributed by atoms with Gasteiger partial charge in [0.1, 0.15) is 10.7 Å². The molecule has 0 aliphatic carbocycles. The minimum absolute atomic E-state index is 0.141. The van der Waals surface area contributed by atoms with Crippen molar-refractivity contribution in [1.82, 2.24) is 25.5 Å². The maximum atomic E-state index is 11.9. The molecule has 0 bridgehead atoms. The fraction of sp³-hybridized carbons (Fsp3) is 0.167. The van der Waals surface area contributed by atoms with Gasteiger partial charge in [-0.2, -0.15) is 5.10 Å². The first-order valence-corrected chi connectivity index (χ1v) is 6.79. The maximum Gasteiger partial charge on any atom is 0.261 e. The van der Waals surface area contributed by atoms with Gasteiger partial charge in [-0.25, -0.2) is 4.98 Å². The van der Waals surface area contributed by atoms with Crippen molar-refractivity contribution < 1.29 is 4.79 Å². The lowest BCUT2D eigenvalue weighted by atomic mass is 10.3. The number of thiophene rings is 1. The predicted molar refractivity (Wildman–Crippen MR) is 74.9 cm³/mol. The second-order valence-electron chi connectivity index (χ2n) is 4.15. The molecule has 0 aliphatic heterocycles. The summed E-state index contributed by atoms with van der Waals surface area (Å²) in [5, 5.41) is 10.4. The molecule has 7 nitrogen and oxygen atoms in total. The number of rotatable bonds is 4. The molecule has 0 atom stereocenters. The lowest BCUT2D eigenvalue weighted by Crippen LogP contribution is -2.26. The van der Waals surface area contributed by atoms with Gasteiger partial charge in [-0.15, -0.1) is 11.3 Å². The van der Waals surface area contributed by atoms with Gasteiger partial charge in [0.05, 0.1) is 11.1 Å². The largest absolute Gasteiger partial charge is 0.351 e. The first-order chi connectivity index (χ1) is 9.72. The number of carbonyl (C=O) groups is 1. The number of carbonyl (C=O) groups excluding carboxylic acids is 1. The molecule has 3 aromatic heterocycles. The number of nitrogens with zero attached hydrogens (tertiary/aromatic N) is 2. The summed E-state index contributed by atoms with van der Waals surface area (Å²) in [5.41, 5.74) is -0.193. The van der Waals surface area contributed by atoms with Crippen LogP contribution in [0, 0.1) is 0 Å². The summed E-state index contributed by atoms with van der Waals surface area (Å²) < 4.78 is 0. The molecule has 0 aromatic carbocycles. The van der Waals surface area contributed by atoms with Crippen LogP contribution in [0.5, 0.6) is 0 Å². The van der Waals surface area contributed by atoms with Crippen molar-refractivity contribution in [1.29, 1.82) is 0 Å². The molecule has 0 aliphatic rings. The second-order valence-corrected chi connectivity index (χ2v) is 5.20. The Bertz CT molecular complexity index is 775. The van der Waals surface area contributed by atoms with Crippen LogP contribution in [0.1, 0.15) is 15.5 Å². The van der Waals surface area contributed by atoms with Gasteiger partial charge in [0.2, 0.25) is 0 Å². The van der Waals surface area contributed by atoms with Crippen molar-refractivity contribution >= 4 is 27.5 Å². The Kier molecular flexibility index (Phi) is 3.30. The lowest BCUT2D eigenvalue weighted by Gasteiger charge is -2.02. The number of nitrogens with one attached hydrogen (secondary N) is 3. The number of aromatic amines is 2. The van der Waals surface area contributed by atoms with Gasteiger partial charge in [0, 0.05) is 30.6 Å². The molecule has 0 fully saturated rings. The van der Waals surface area contributed by atoms with E-state index < -0.39 is 0 Å². The van der Waals surface area contributed by atoms with E-state index >= 15 is 0 Å². The van der Waals surface area contributed by atoms with Gasteiger partial charge >= 0.3 is 0 Å². The summed E-state index contributed by atoms with van der Waals surface area (Å²) in [4.78, 5) is 31.2. The molecule has 8 heteroatoms. The van der Waals surface area contributed by atoms with E-state index in [9.17, 15) is 9.59 Å². The topological polar surface area (TPSA) is 104 Å². The third-order valence-corrected chi connectivity index (χ3v) is 3.78. The van der Waals surface area contributed by atoms with Crippen LogP contribution in [-0.4, -0.2) is 32.6 Å². The molecule has 3 rings (SSSR count). The summed E-state index contributed by atoms with van der Waals surface area (Å²) in [6.07, 6.45) is 3.61. The fourth-order valence-corrected chi connectivity index (χ4v) is 2.68. The van der Waals surface area contributed by atoms with Crippen LogP contribution in [0.3, 0.4) is 0 Å². The van der Waals surface area contributed by atoms with Crippen LogP contribution in [-0.2, 0) is 6.42 Å². The molecule has 0 spiro atoms. The van der Waals surface area contributed by atoms with Crippen molar-refractivity contribution in [3.8, 4) is 0 Å². The highest BCUT2D eigenvalue weighted by molar-refractivity contribution is 7.20. The average molecular weight is 289 g/mol. The van der Waals surface area contributed by atoms with Crippen LogP contribution in [0.2, 0.25) is 0 Å². The molecule has 0 saturated carbocycles. The van der Waals surface area contributed by atoms with E-state index in [1.54, 1.807) is 12.3 Å². The smallest absolute Gasteiger partial charge is 0.261 e. The number of H-pyrrole nitrogens is 2. The molecule has 3 N–H and O–H groups in total. The van der Waals surface area contributed by atoms with E-state index in [0.29, 0.717) is 23.7 Å². The number of aromatic nitrogens is 4. The summed E-state index contributed by atoms with van der Waals surface area (Å²) >= 11 is 1.36. The van der Waals surface area contributed by atoms with E-state index in [-0.39, 0.29) is 11.5 Å². The SMILES string of the molecule is O=C(NCCc1nccc(=O)[nH]1)c1cc2cn[nH]c2s1. The highest BCUT2D eigenvalue weighted by Crippen LogP contribution is 2.22. The second kappa shape index (κ2) is 5.25. The van der Waals surface area contributed by atoms with E-state index in [2.05, 4.69) is 25.5 Å². The molecule has 1 amide bonds. The van der Waals surface area contributed by atoms with E-state index in [0.717, 1.165) is 10.2 Å². The van der Waals surface area contributed by atoms with Crippen molar-refractivity contribution in [2.24, 2.45) is 0 Å². The molecule has 102 valence electrons. The number of hydrogen-bond acceptors (Lipinski definition) is 5. The van der Waals surface area contributed by atoms with E-state index in [1.165, 1.54) is 23.6 Å². The van der Waals surface area contributed by atoms with Crippen molar-refractivity contribution in [3.05, 3.63) is 45.6 Å². The first-order valence-electron chi connectivity index (χ1n) is 5.98. The highest BCUT2D eigenvalue weighted by Gasteiger charge is 2.10. The Morgan fingerprint density at radius 3 is 3.15 bits per heavy atom. The quantitative estimate of drug-likeness (QED) is 0.657. The molecule has 3 heterocycles. The molecule has 3 aromatic rings.